The van der Waals surface area contributed by atoms with Gasteiger partial charge in [-0.15, -0.1) is 0 Å². The van der Waals surface area contributed by atoms with Gasteiger partial charge in [-0.1, -0.05) is 48.5 Å². The van der Waals surface area contributed by atoms with Gasteiger partial charge in [0.1, 0.15) is 4.90 Å². The summed E-state index contributed by atoms with van der Waals surface area (Å²) < 4.78 is 33.3. The third kappa shape index (κ3) is 4.21. The molecule has 0 saturated carbocycles. The lowest BCUT2D eigenvalue weighted by Crippen LogP contribution is -2.20. The molecule has 3 N–H and O–H groups in total. The number of rotatable bonds is 4. The summed E-state index contributed by atoms with van der Waals surface area (Å²) in [5, 5.41) is 5.54. The van der Waals surface area contributed by atoms with E-state index in [1.165, 1.54) is 6.07 Å². The third-order valence-corrected chi connectivity index (χ3v) is 5.25. The van der Waals surface area contributed by atoms with Crippen LogP contribution in [0.1, 0.15) is 11.1 Å². The third-order valence-electron chi connectivity index (χ3n) is 4.35. The smallest absolute Gasteiger partial charge is 0.307 e. The molecule has 0 bridgehead atoms. The van der Waals surface area contributed by atoms with Crippen molar-refractivity contribution < 1.29 is 17.8 Å². The first-order valence-corrected chi connectivity index (χ1v) is 10.0. The maximum absolute atomic E-state index is 12.5. The fourth-order valence-corrected chi connectivity index (χ4v) is 3.78. The van der Waals surface area contributed by atoms with E-state index in [0.29, 0.717) is 28.1 Å². The Bertz CT molecular complexity index is 1140. The molecule has 3 aromatic carbocycles. The quantitative estimate of drug-likeness (QED) is 0.549. The molecule has 0 aliphatic heterocycles. The van der Waals surface area contributed by atoms with Gasteiger partial charge in [-0.05, 0) is 43.2 Å². The van der Waals surface area contributed by atoms with E-state index in [2.05, 4.69) is 10.6 Å². The number of carbonyl (C=O) groups is 1. The molecule has 0 aromatic heterocycles. The number of anilines is 2. The van der Waals surface area contributed by atoms with Crippen LogP contribution in [0.4, 0.5) is 16.2 Å². The Labute approximate surface area is 164 Å². The zero-order valence-corrected chi connectivity index (χ0v) is 16.2. The van der Waals surface area contributed by atoms with E-state index in [1.807, 2.05) is 25.1 Å². The Morgan fingerprint density at radius 2 is 1.36 bits per heavy atom. The van der Waals surface area contributed by atoms with E-state index in [-0.39, 0.29) is 4.90 Å². The van der Waals surface area contributed by atoms with Gasteiger partial charge in [0.25, 0.3) is 10.1 Å². The number of urea groups is 1. The van der Waals surface area contributed by atoms with Gasteiger partial charge in [0.2, 0.25) is 0 Å². The van der Waals surface area contributed by atoms with Crippen LogP contribution in [0.2, 0.25) is 0 Å². The number of nitrogens with one attached hydrogen (secondary N) is 2. The summed E-state index contributed by atoms with van der Waals surface area (Å²) in [6.07, 6.45) is 0. The molecule has 2 amide bonds. The van der Waals surface area contributed by atoms with Crippen molar-refractivity contribution in [3.8, 4) is 11.1 Å². The highest BCUT2D eigenvalue weighted by Crippen LogP contribution is 2.35. The van der Waals surface area contributed by atoms with Gasteiger partial charge >= 0.3 is 6.03 Å². The summed E-state index contributed by atoms with van der Waals surface area (Å²) >= 11 is 0. The van der Waals surface area contributed by atoms with E-state index in [9.17, 15) is 17.8 Å². The first-order chi connectivity index (χ1) is 13.3. The Morgan fingerprint density at radius 1 is 0.786 bits per heavy atom. The van der Waals surface area contributed by atoms with Crippen LogP contribution in [-0.4, -0.2) is 19.0 Å². The summed E-state index contributed by atoms with van der Waals surface area (Å²) in [7, 11) is -4.43. The van der Waals surface area contributed by atoms with Gasteiger partial charge in [0, 0.05) is 16.8 Å². The minimum atomic E-state index is -4.43. The Morgan fingerprint density at radius 3 is 2.04 bits per heavy atom. The molecule has 6 nitrogen and oxygen atoms in total. The number of carbonyl (C=O) groups excluding carboxylic acids is 1. The molecule has 7 heteroatoms. The van der Waals surface area contributed by atoms with Crippen LogP contribution in [0.3, 0.4) is 0 Å². The van der Waals surface area contributed by atoms with Crippen LogP contribution in [0.15, 0.2) is 71.6 Å². The second-order valence-corrected chi connectivity index (χ2v) is 7.75. The summed E-state index contributed by atoms with van der Waals surface area (Å²) in [4.78, 5) is 12.3. The van der Waals surface area contributed by atoms with Crippen LogP contribution < -0.4 is 10.6 Å². The van der Waals surface area contributed by atoms with Crippen molar-refractivity contribution in [1.82, 2.24) is 0 Å². The zero-order valence-electron chi connectivity index (χ0n) is 15.4. The maximum Gasteiger partial charge on any atom is 0.323 e. The van der Waals surface area contributed by atoms with Gasteiger partial charge in [0.05, 0.1) is 5.69 Å². The van der Waals surface area contributed by atoms with Gasteiger partial charge in [-0.25, -0.2) is 4.79 Å². The maximum atomic E-state index is 12.5. The zero-order chi connectivity index (χ0) is 20.3. The average Bonchev–Trinajstić information content (AvgIpc) is 2.63. The molecule has 3 rings (SSSR count). The lowest BCUT2D eigenvalue weighted by Gasteiger charge is -2.16. The predicted octanol–water partition coefficient (Wildman–Crippen LogP) is 4.86. The number of hydrogen-bond donors (Lipinski definition) is 3. The normalized spacial score (nSPS) is 11.1. The summed E-state index contributed by atoms with van der Waals surface area (Å²) in [5.74, 6) is 0. The molecule has 0 heterocycles. The van der Waals surface area contributed by atoms with Crippen molar-refractivity contribution >= 4 is 27.5 Å². The van der Waals surface area contributed by atoms with Crippen LogP contribution >= 0.6 is 0 Å². The monoisotopic (exact) mass is 396 g/mol. The Hall–Kier alpha value is -3.16. The van der Waals surface area contributed by atoms with Gasteiger partial charge in [0.15, 0.2) is 0 Å². The van der Waals surface area contributed by atoms with Crippen LogP contribution in [0.5, 0.6) is 0 Å². The number of aryl methyl sites for hydroxylation is 2. The second-order valence-electron chi connectivity index (χ2n) is 6.36. The molecular weight excluding hydrogens is 376 g/mol. The fraction of sp³-hybridized carbons (Fsp3) is 0.0952. The molecule has 0 unspecified atom stereocenters. The largest absolute Gasteiger partial charge is 0.323 e. The first-order valence-electron chi connectivity index (χ1n) is 8.57. The average molecular weight is 396 g/mol. The SMILES string of the molecule is Cc1ccccc1NC(=O)Nc1ccccc1-c1c(C)cccc1S(=O)(=O)O. The lowest BCUT2D eigenvalue weighted by molar-refractivity contribution is 0.262. The Kier molecular flexibility index (Phi) is 5.48. The molecule has 0 atom stereocenters. The molecule has 0 fully saturated rings. The molecule has 0 aliphatic carbocycles. The topological polar surface area (TPSA) is 95.5 Å². The number of hydrogen-bond acceptors (Lipinski definition) is 3. The first kappa shape index (κ1) is 19.6. The van der Waals surface area contributed by atoms with Crippen LogP contribution in [-0.2, 0) is 10.1 Å². The highest BCUT2D eigenvalue weighted by molar-refractivity contribution is 7.86. The molecule has 144 valence electrons. The van der Waals surface area contributed by atoms with Gasteiger partial charge in [-0.3, -0.25) is 4.55 Å². The van der Waals surface area contributed by atoms with Crippen molar-refractivity contribution in [3.05, 3.63) is 77.9 Å². The minimum absolute atomic E-state index is 0.207. The Balaban J connectivity index is 2.00. The van der Waals surface area contributed by atoms with Crippen molar-refractivity contribution in [1.29, 1.82) is 0 Å². The van der Waals surface area contributed by atoms with E-state index in [1.54, 1.807) is 49.4 Å². The van der Waals surface area contributed by atoms with Crippen molar-refractivity contribution in [2.75, 3.05) is 10.6 Å². The summed E-state index contributed by atoms with van der Waals surface area (Å²) in [5.41, 5.74) is 3.51. The highest BCUT2D eigenvalue weighted by Gasteiger charge is 2.20. The van der Waals surface area contributed by atoms with Crippen LogP contribution in [0.25, 0.3) is 11.1 Å². The van der Waals surface area contributed by atoms with Gasteiger partial charge < -0.3 is 10.6 Å². The van der Waals surface area contributed by atoms with Crippen molar-refractivity contribution in [2.24, 2.45) is 0 Å². The molecule has 3 aromatic rings. The minimum Gasteiger partial charge on any atom is -0.307 e. The van der Waals surface area contributed by atoms with E-state index in [4.69, 9.17) is 0 Å². The lowest BCUT2D eigenvalue weighted by atomic mass is 9.99. The molecular formula is C21H20N2O4S. The molecule has 0 radical (unpaired) electrons. The van der Waals surface area contributed by atoms with Crippen LogP contribution in [0, 0.1) is 13.8 Å². The summed E-state index contributed by atoms with van der Waals surface area (Å²) in [6.45, 7) is 3.63. The highest BCUT2D eigenvalue weighted by atomic mass is 32.2. The van der Waals surface area contributed by atoms with Gasteiger partial charge in [-0.2, -0.15) is 8.42 Å². The molecule has 0 saturated heterocycles. The molecule has 28 heavy (non-hydrogen) atoms. The summed E-state index contributed by atoms with van der Waals surface area (Å²) in [6, 6.07) is 18.4. The standard InChI is InChI=1S/C21H20N2O4S/c1-14-8-3-5-11-17(14)22-21(24)23-18-12-6-4-10-16(18)20-15(2)9-7-13-19(20)28(25,26)27/h3-13H,1-2H3,(H2,22,23,24)(H,25,26,27). The number of para-hydroxylation sites is 2. The van der Waals surface area contributed by atoms with Crippen molar-refractivity contribution in [2.45, 2.75) is 18.7 Å². The van der Waals surface area contributed by atoms with E-state index in [0.717, 1.165) is 5.56 Å². The second kappa shape index (κ2) is 7.84. The van der Waals surface area contributed by atoms with E-state index >= 15 is 0 Å². The van der Waals surface area contributed by atoms with Crippen molar-refractivity contribution in [3.63, 3.8) is 0 Å². The number of benzene rings is 3. The predicted molar refractivity (Wildman–Crippen MR) is 110 cm³/mol. The van der Waals surface area contributed by atoms with E-state index < -0.39 is 16.1 Å². The molecule has 0 spiro atoms. The fourth-order valence-electron chi connectivity index (χ4n) is 3.00. The molecule has 0 aliphatic rings. The number of amides is 2.